The Labute approximate surface area is 125 Å². The largest absolute Gasteiger partial charge is 0.353 e. The molecule has 3 heterocycles. The second-order valence-corrected chi connectivity index (χ2v) is 5.59. The Balaban J connectivity index is 0.00000161. The van der Waals surface area contributed by atoms with Crippen molar-refractivity contribution >= 4 is 11.2 Å². The van der Waals surface area contributed by atoms with Crippen LogP contribution in [0.1, 0.15) is 45.4 Å². The summed E-state index contributed by atoms with van der Waals surface area (Å²) in [7, 11) is 0. The summed E-state index contributed by atoms with van der Waals surface area (Å²) in [5, 5.41) is 0. The lowest BCUT2D eigenvalue weighted by molar-refractivity contribution is -0.00630. The number of nitrogens with two attached hydrogens (primary N) is 1. The summed E-state index contributed by atoms with van der Waals surface area (Å²) in [6.45, 7) is 8.10. The molecule has 2 N–H and O–H groups in total. The summed E-state index contributed by atoms with van der Waals surface area (Å²) in [5.74, 6) is 1.06. The van der Waals surface area contributed by atoms with Gasteiger partial charge in [-0.15, -0.1) is 0 Å². The van der Waals surface area contributed by atoms with Crippen LogP contribution in [0.25, 0.3) is 11.2 Å². The molecule has 4 atom stereocenters. The zero-order valence-electron chi connectivity index (χ0n) is 12.4. The van der Waals surface area contributed by atoms with E-state index in [-0.39, 0.29) is 25.8 Å². The molecular formula is C15H25N5O. The Hall–Kier alpha value is -1.53. The zero-order chi connectivity index (χ0) is 14.4. The Kier molecular flexibility index (Phi) is 4.30. The van der Waals surface area contributed by atoms with Gasteiger partial charge in [-0.2, -0.15) is 0 Å². The van der Waals surface area contributed by atoms with E-state index in [1.807, 2.05) is 18.4 Å². The van der Waals surface area contributed by atoms with Gasteiger partial charge in [0.15, 0.2) is 11.9 Å². The lowest BCUT2D eigenvalue weighted by Crippen LogP contribution is -2.33. The van der Waals surface area contributed by atoms with Crippen molar-refractivity contribution in [3.63, 3.8) is 0 Å². The first-order valence-electron chi connectivity index (χ1n) is 7.11. The van der Waals surface area contributed by atoms with Gasteiger partial charge in [-0.25, -0.2) is 15.0 Å². The number of hydrogen-bond acceptors (Lipinski definition) is 5. The van der Waals surface area contributed by atoms with E-state index in [2.05, 4.69) is 28.8 Å². The molecule has 1 aliphatic rings. The minimum absolute atomic E-state index is 0. The summed E-state index contributed by atoms with van der Waals surface area (Å²) < 4.78 is 8.06. The summed E-state index contributed by atoms with van der Waals surface area (Å²) in [4.78, 5) is 13.3. The van der Waals surface area contributed by atoms with E-state index in [0.717, 1.165) is 29.1 Å². The molecule has 2 aromatic heterocycles. The van der Waals surface area contributed by atoms with E-state index in [0.29, 0.717) is 5.92 Å². The molecule has 3 rings (SSSR count). The van der Waals surface area contributed by atoms with Crippen LogP contribution in [-0.2, 0) is 4.74 Å². The van der Waals surface area contributed by atoms with Crippen LogP contribution in [0.4, 0.5) is 0 Å². The van der Waals surface area contributed by atoms with Gasteiger partial charge in [0.25, 0.3) is 0 Å². The lowest BCUT2D eigenvalue weighted by Gasteiger charge is -2.18. The maximum Gasteiger partial charge on any atom is 0.165 e. The summed E-state index contributed by atoms with van der Waals surface area (Å²) in [6.07, 6.45) is 2.72. The van der Waals surface area contributed by atoms with E-state index in [9.17, 15) is 0 Å². The molecular weight excluding hydrogens is 266 g/mol. The topological polar surface area (TPSA) is 78.8 Å². The standard InChI is InChI=1S/C14H21N5O.CH4/c1-5-10-7(2)11(15)14(20-10)19-6-16-12-8(3)17-9(4)18-13(12)19;/h6-7,10-11,14H,5,15H2,1-4H3;1H4/t7?,10-,11+,14-;/m1./s1. The van der Waals surface area contributed by atoms with Crippen molar-refractivity contribution in [3.8, 4) is 0 Å². The molecule has 1 saturated heterocycles. The molecule has 21 heavy (non-hydrogen) atoms. The van der Waals surface area contributed by atoms with E-state index in [1.54, 1.807) is 6.33 Å². The Morgan fingerprint density at radius 1 is 1.33 bits per heavy atom. The van der Waals surface area contributed by atoms with Gasteiger partial charge < -0.3 is 10.5 Å². The second kappa shape index (κ2) is 5.69. The molecule has 0 saturated carbocycles. The van der Waals surface area contributed by atoms with Gasteiger partial charge in [-0.05, 0) is 20.3 Å². The number of rotatable bonds is 2. The molecule has 0 radical (unpaired) electrons. The van der Waals surface area contributed by atoms with Gasteiger partial charge in [0.1, 0.15) is 11.3 Å². The third kappa shape index (κ3) is 2.42. The second-order valence-electron chi connectivity index (χ2n) is 5.59. The summed E-state index contributed by atoms with van der Waals surface area (Å²) in [6, 6.07) is -0.0482. The maximum atomic E-state index is 6.33. The van der Waals surface area contributed by atoms with E-state index in [4.69, 9.17) is 10.5 Å². The number of aromatic nitrogens is 4. The maximum absolute atomic E-state index is 6.33. The molecule has 6 nitrogen and oxygen atoms in total. The van der Waals surface area contributed by atoms with Crippen LogP contribution in [0.15, 0.2) is 6.33 Å². The fourth-order valence-corrected chi connectivity index (χ4v) is 3.00. The average molecular weight is 291 g/mol. The molecule has 2 aromatic rings. The first kappa shape index (κ1) is 15.9. The molecule has 6 heteroatoms. The van der Waals surface area contributed by atoms with E-state index >= 15 is 0 Å². The smallest absolute Gasteiger partial charge is 0.165 e. The molecule has 0 aliphatic carbocycles. The van der Waals surface area contributed by atoms with Crippen molar-refractivity contribution < 1.29 is 4.74 Å². The number of nitrogens with zero attached hydrogens (tertiary/aromatic N) is 4. The first-order valence-corrected chi connectivity index (χ1v) is 7.11. The van der Waals surface area contributed by atoms with Crippen LogP contribution in [0, 0.1) is 19.8 Å². The van der Waals surface area contributed by atoms with Crippen LogP contribution in [0.5, 0.6) is 0 Å². The van der Waals surface area contributed by atoms with Gasteiger partial charge in [-0.3, -0.25) is 4.57 Å². The highest BCUT2D eigenvalue weighted by Gasteiger charge is 2.40. The number of hydrogen-bond donors (Lipinski definition) is 1. The van der Waals surface area contributed by atoms with Crippen LogP contribution in [0.3, 0.4) is 0 Å². The Morgan fingerprint density at radius 3 is 2.67 bits per heavy atom. The van der Waals surface area contributed by atoms with Crippen molar-refractivity contribution in [2.45, 2.75) is 59.9 Å². The number of aryl methyl sites for hydroxylation is 2. The normalized spacial score (nSPS) is 28.8. The predicted octanol–water partition coefficient (Wildman–Crippen LogP) is 2.35. The van der Waals surface area contributed by atoms with E-state index in [1.165, 1.54) is 0 Å². The Morgan fingerprint density at radius 2 is 2.05 bits per heavy atom. The Bertz CT molecular complexity index is 638. The highest BCUT2D eigenvalue weighted by molar-refractivity contribution is 5.73. The molecule has 1 aliphatic heterocycles. The quantitative estimate of drug-likeness (QED) is 0.918. The van der Waals surface area contributed by atoms with Crippen LogP contribution < -0.4 is 5.73 Å². The van der Waals surface area contributed by atoms with Gasteiger partial charge >= 0.3 is 0 Å². The molecule has 1 unspecified atom stereocenters. The molecule has 1 fully saturated rings. The zero-order valence-corrected chi connectivity index (χ0v) is 12.4. The van der Waals surface area contributed by atoms with Crippen molar-refractivity contribution in [1.82, 2.24) is 19.5 Å². The first-order chi connectivity index (χ1) is 9.52. The minimum atomic E-state index is -0.200. The van der Waals surface area contributed by atoms with Crippen LogP contribution >= 0.6 is 0 Å². The fourth-order valence-electron chi connectivity index (χ4n) is 3.00. The molecule has 0 bridgehead atoms. The number of imidazole rings is 1. The SMILES string of the molecule is C.CC[C@H]1O[C@@H](n2cnc3c(C)nc(C)nc32)[C@@H](N)C1C. The van der Waals surface area contributed by atoms with Gasteiger partial charge in [0, 0.05) is 5.92 Å². The number of fused-ring (bicyclic) bond motifs is 1. The highest BCUT2D eigenvalue weighted by atomic mass is 16.5. The average Bonchev–Trinajstić information content (AvgIpc) is 2.93. The van der Waals surface area contributed by atoms with Gasteiger partial charge in [-0.1, -0.05) is 21.3 Å². The van der Waals surface area contributed by atoms with Crippen LogP contribution in [0.2, 0.25) is 0 Å². The van der Waals surface area contributed by atoms with E-state index < -0.39 is 0 Å². The third-order valence-corrected chi connectivity index (χ3v) is 4.22. The summed E-state index contributed by atoms with van der Waals surface area (Å²) >= 11 is 0. The molecule has 116 valence electrons. The van der Waals surface area contributed by atoms with Crippen molar-refractivity contribution in [2.75, 3.05) is 0 Å². The fraction of sp³-hybridized carbons (Fsp3) is 0.667. The minimum Gasteiger partial charge on any atom is -0.353 e. The van der Waals surface area contributed by atoms with Crippen molar-refractivity contribution in [1.29, 1.82) is 0 Å². The van der Waals surface area contributed by atoms with Gasteiger partial charge in [0.05, 0.1) is 24.2 Å². The predicted molar refractivity (Wildman–Crippen MR) is 82.9 cm³/mol. The van der Waals surface area contributed by atoms with Crippen molar-refractivity contribution in [2.24, 2.45) is 11.7 Å². The molecule has 0 amide bonds. The monoisotopic (exact) mass is 291 g/mol. The molecule has 0 aromatic carbocycles. The highest BCUT2D eigenvalue weighted by Crippen LogP contribution is 2.35. The van der Waals surface area contributed by atoms with Crippen molar-refractivity contribution in [3.05, 3.63) is 17.8 Å². The summed E-state index contributed by atoms with van der Waals surface area (Å²) in [5.41, 5.74) is 8.84. The number of ether oxygens (including phenoxy) is 1. The lowest BCUT2D eigenvalue weighted by atomic mass is 9.97. The van der Waals surface area contributed by atoms with Crippen LogP contribution in [-0.4, -0.2) is 31.7 Å². The molecule has 0 spiro atoms. The van der Waals surface area contributed by atoms with Gasteiger partial charge in [0.2, 0.25) is 0 Å². The third-order valence-electron chi connectivity index (χ3n) is 4.22.